The van der Waals surface area contributed by atoms with Gasteiger partial charge in [-0.15, -0.1) is 0 Å². The van der Waals surface area contributed by atoms with Gasteiger partial charge in [-0.3, -0.25) is 13.9 Å². The Bertz CT molecular complexity index is 1100. The molecule has 0 radical (unpaired) electrons. The molecule has 174 valence electrons. The molecular formula is C21H25BrClN3O5S. The molecule has 0 aromatic heterocycles. The molecule has 1 N–H and O–H groups in total. The second kappa shape index (κ2) is 11.0. The smallest absolute Gasteiger partial charge is 0.244 e. The molecule has 1 atom stereocenters. The molecule has 0 spiro atoms. The molecule has 0 aliphatic carbocycles. The lowest BCUT2D eigenvalue weighted by Gasteiger charge is -2.31. The van der Waals surface area contributed by atoms with Crippen molar-refractivity contribution in [2.45, 2.75) is 19.5 Å². The first-order chi connectivity index (χ1) is 15.0. The molecule has 0 saturated carbocycles. The molecule has 11 heteroatoms. The van der Waals surface area contributed by atoms with Gasteiger partial charge in [-0.25, -0.2) is 8.42 Å². The zero-order valence-corrected chi connectivity index (χ0v) is 21.3. The van der Waals surface area contributed by atoms with Gasteiger partial charge in [0.25, 0.3) is 0 Å². The van der Waals surface area contributed by atoms with Crippen molar-refractivity contribution in [3.8, 4) is 5.75 Å². The monoisotopic (exact) mass is 545 g/mol. The minimum absolute atomic E-state index is 0.108. The number of methoxy groups -OCH3 is 1. The zero-order chi connectivity index (χ0) is 24.1. The molecule has 0 saturated heterocycles. The largest absolute Gasteiger partial charge is 0.495 e. The van der Waals surface area contributed by atoms with Crippen molar-refractivity contribution in [2.24, 2.45) is 0 Å². The van der Waals surface area contributed by atoms with Crippen molar-refractivity contribution in [1.82, 2.24) is 10.2 Å². The second-order valence-corrected chi connectivity index (χ2v) is 10.3. The Morgan fingerprint density at radius 3 is 2.47 bits per heavy atom. The summed E-state index contributed by atoms with van der Waals surface area (Å²) in [7, 11) is -1.02. The third-order valence-corrected chi connectivity index (χ3v) is 6.60. The first-order valence-corrected chi connectivity index (χ1v) is 12.6. The van der Waals surface area contributed by atoms with Gasteiger partial charge in [0.2, 0.25) is 21.8 Å². The van der Waals surface area contributed by atoms with E-state index in [1.54, 1.807) is 13.0 Å². The average Bonchev–Trinajstić information content (AvgIpc) is 2.73. The van der Waals surface area contributed by atoms with Gasteiger partial charge >= 0.3 is 0 Å². The molecule has 0 fully saturated rings. The number of hydrogen-bond donors (Lipinski definition) is 1. The average molecular weight is 547 g/mol. The number of benzene rings is 2. The normalized spacial score (nSPS) is 12.1. The fraction of sp³-hybridized carbons (Fsp3) is 0.333. The lowest BCUT2D eigenvalue weighted by Crippen LogP contribution is -2.50. The number of carbonyl (C=O) groups is 2. The topological polar surface area (TPSA) is 96.0 Å². The summed E-state index contributed by atoms with van der Waals surface area (Å²) < 4.78 is 32.2. The van der Waals surface area contributed by atoms with Crippen LogP contribution in [0.3, 0.4) is 0 Å². The Morgan fingerprint density at radius 1 is 1.22 bits per heavy atom. The summed E-state index contributed by atoms with van der Waals surface area (Å²) in [5, 5.41) is 2.81. The predicted octanol–water partition coefficient (Wildman–Crippen LogP) is 3.04. The highest BCUT2D eigenvalue weighted by Gasteiger charge is 2.31. The van der Waals surface area contributed by atoms with E-state index in [0.717, 1.165) is 20.6 Å². The fourth-order valence-electron chi connectivity index (χ4n) is 3.08. The molecule has 0 heterocycles. The summed E-state index contributed by atoms with van der Waals surface area (Å²) in [6.07, 6.45) is 0.988. The summed E-state index contributed by atoms with van der Waals surface area (Å²) >= 11 is 9.46. The number of halogens is 2. The predicted molar refractivity (Wildman–Crippen MR) is 128 cm³/mol. The van der Waals surface area contributed by atoms with Gasteiger partial charge in [0.05, 0.1) is 19.1 Å². The van der Waals surface area contributed by atoms with E-state index < -0.39 is 28.5 Å². The number of ether oxygens (including phenoxy) is 1. The van der Waals surface area contributed by atoms with Crippen LogP contribution in [0.4, 0.5) is 5.69 Å². The van der Waals surface area contributed by atoms with E-state index in [1.165, 1.54) is 31.2 Å². The van der Waals surface area contributed by atoms with Gasteiger partial charge in [0, 0.05) is 23.1 Å². The van der Waals surface area contributed by atoms with E-state index in [1.807, 2.05) is 24.3 Å². The summed E-state index contributed by atoms with van der Waals surface area (Å²) in [6, 6.07) is 10.9. The maximum absolute atomic E-state index is 13.4. The van der Waals surface area contributed by atoms with E-state index in [-0.39, 0.29) is 28.9 Å². The number of amides is 2. The molecular weight excluding hydrogens is 522 g/mol. The number of sulfonamides is 1. The molecule has 2 aromatic rings. The van der Waals surface area contributed by atoms with Crippen LogP contribution in [0.2, 0.25) is 5.02 Å². The molecule has 8 nitrogen and oxygen atoms in total. The van der Waals surface area contributed by atoms with Crippen LogP contribution in [0, 0.1) is 0 Å². The Kier molecular flexibility index (Phi) is 8.94. The molecule has 0 aliphatic rings. The highest BCUT2D eigenvalue weighted by molar-refractivity contribution is 9.10. The van der Waals surface area contributed by atoms with Crippen LogP contribution in [0.25, 0.3) is 0 Å². The number of hydrogen-bond acceptors (Lipinski definition) is 5. The quantitative estimate of drug-likeness (QED) is 0.522. The Labute approximate surface area is 201 Å². The van der Waals surface area contributed by atoms with Crippen molar-refractivity contribution < 1.29 is 22.7 Å². The molecule has 0 aliphatic heterocycles. The highest BCUT2D eigenvalue weighted by Crippen LogP contribution is 2.33. The van der Waals surface area contributed by atoms with Crippen molar-refractivity contribution in [3.05, 3.63) is 57.5 Å². The maximum atomic E-state index is 13.4. The number of nitrogens with one attached hydrogen (secondary N) is 1. The number of carbonyl (C=O) groups excluding carboxylic acids is 2. The van der Waals surface area contributed by atoms with Crippen molar-refractivity contribution in [2.75, 3.05) is 31.3 Å². The van der Waals surface area contributed by atoms with E-state index in [2.05, 4.69) is 21.2 Å². The standard InChI is InChI=1S/C21H25BrClN3O5S/c1-14(21(28)24-2)25(12-15-6-5-7-16(22)10-15)20(27)13-26(32(4,29)30)18-11-17(23)8-9-19(18)31-3/h5-11,14H,12-13H2,1-4H3,(H,24,28). The van der Waals surface area contributed by atoms with Crippen molar-refractivity contribution in [1.29, 1.82) is 0 Å². The van der Waals surface area contributed by atoms with E-state index in [9.17, 15) is 18.0 Å². The number of anilines is 1. The van der Waals surface area contributed by atoms with Crippen LogP contribution in [0.1, 0.15) is 12.5 Å². The molecule has 2 amide bonds. The number of nitrogens with zero attached hydrogens (tertiary/aromatic N) is 2. The lowest BCUT2D eigenvalue weighted by molar-refractivity contribution is -0.139. The highest BCUT2D eigenvalue weighted by atomic mass is 79.9. The van der Waals surface area contributed by atoms with Gasteiger partial charge in [-0.05, 0) is 42.8 Å². The van der Waals surface area contributed by atoms with Crippen LogP contribution in [-0.4, -0.2) is 58.1 Å². The second-order valence-electron chi connectivity index (χ2n) is 7.03. The Morgan fingerprint density at radius 2 is 1.91 bits per heavy atom. The van der Waals surface area contributed by atoms with Crippen LogP contribution < -0.4 is 14.4 Å². The fourth-order valence-corrected chi connectivity index (χ4v) is 4.53. The van der Waals surface area contributed by atoms with Gasteiger partial charge in [0.1, 0.15) is 18.3 Å². The Hall–Kier alpha value is -2.30. The first-order valence-electron chi connectivity index (χ1n) is 9.54. The third-order valence-electron chi connectivity index (χ3n) is 4.74. The Balaban J connectivity index is 2.46. The minimum Gasteiger partial charge on any atom is -0.495 e. The third kappa shape index (κ3) is 6.60. The summed E-state index contributed by atoms with van der Waals surface area (Å²) in [5.41, 5.74) is 0.903. The van der Waals surface area contributed by atoms with Crippen LogP contribution in [0.5, 0.6) is 5.75 Å². The minimum atomic E-state index is -3.89. The molecule has 32 heavy (non-hydrogen) atoms. The summed E-state index contributed by atoms with van der Waals surface area (Å²) in [6.45, 7) is 1.15. The molecule has 2 aromatic carbocycles. The van der Waals surface area contributed by atoms with Gasteiger partial charge in [-0.2, -0.15) is 0 Å². The van der Waals surface area contributed by atoms with Crippen molar-refractivity contribution in [3.63, 3.8) is 0 Å². The van der Waals surface area contributed by atoms with E-state index in [0.29, 0.717) is 0 Å². The first kappa shape index (κ1) is 26.0. The number of likely N-dealkylation sites (N-methyl/N-ethyl adjacent to an activating group) is 1. The maximum Gasteiger partial charge on any atom is 0.244 e. The number of rotatable bonds is 9. The van der Waals surface area contributed by atoms with Gasteiger partial charge in [-0.1, -0.05) is 39.7 Å². The van der Waals surface area contributed by atoms with Gasteiger partial charge < -0.3 is 15.0 Å². The summed E-state index contributed by atoms with van der Waals surface area (Å²) in [5.74, 6) is -0.696. The lowest BCUT2D eigenvalue weighted by atomic mass is 10.1. The molecule has 1 unspecified atom stereocenters. The van der Waals surface area contributed by atoms with E-state index in [4.69, 9.17) is 16.3 Å². The van der Waals surface area contributed by atoms with Crippen LogP contribution in [-0.2, 0) is 26.2 Å². The summed E-state index contributed by atoms with van der Waals surface area (Å²) in [4.78, 5) is 27.0. The molecule has 2 rings (SSSR count). The van der Waals surface area contributed by atoms with Gasteiger partial charge in [0.15, 0.2) is 0 Å². The van der Waals surface area contributed by atoms with Crippen LogP contribution >= 0.6 is 27.5 Å². The van der Waals surface area contributed by atoms with E-state index >= 15 is 0 Å². The molecule has 0 bridgehead atoms. The SMILES string of the molecule is CNC(=O)C(C)N(Cc1cccc(Br)c1)C(=O)CN(c1cc(Cl)ccc1OC)S(C)(=O)=O. The van der Waals surface area contributed by atoms with Crippen molar-refractivity contribution >= 4 is 55.1 Å². The van der Waals surface area contributed by atoms with Crippen LogP contribution in [0.15, 0.2) is 46.9 Å². The zero-order valence-electron chi connectivity index (χ0n) is 18.1.